The molecular formula is C13H18N2O4. The van der Waals surface area contributed by atoms with Gasteiger partial charge >= 0.3 is 5.97 Å². The van der Waals surface area contributed by atoms with E-state index in [0.29, 0.717) is 12.8 Å². The van der Waals surface area contributed by atoms with Gasteiger partial charge in [-0.05, 0) is 12.8 Å². The van der Waals surface area contributed by atoms with Crippen LogP contribution in [-0.4, -0.2) is 40.9 Å². The average Bonchev–Trinajstić information content (AvgIpc) is 2.64. The van der Waals surface area contributed by atoms with Gasteiger partial charge in [-0.25, -0.2) is 4.79 Å². The number of nitrogens with one attached hydrogen (secondary N) is 1. The number of hydroxylamine groups is 2. The van der Waals surface area contributed by atoms with Crippen LogP contribution in [0.1, 0.15) is 32.1 Å². The van der Waals surface area contributed by atoms with E-state index in [1.54, 1.807) is 0 Å². The maximum Gasteiger partial charge on any atom is 0.341 e. The fraction of sp³-hybridized carbons (Fsp3) is 0.692. The van der Waals surface area contributed by atoms with Gasteiger partial charge in [0.2, 0.25) is 5.91 Å². The third kappa shape index (κ3) is 2.57. The van der Waals surface area contributed by atoms with Crippen LogP contribution >= 0.6 is 0 Å². The minimum atomic E-state index is -1.27. The molecule has 0 radical (unpaired) electrons. The van der Waals surface area contributed by atoms with Crippen molar-refractivity contribution >= 4 is 11.9 Å². The van der Waals surface area contributed by atoms with E-state index >= 15 is 0 Å². The molecule has 0 spiro atoms. The fourth-order valence-electron chi connectivity index (χ4n) is 2.60. The molecule has 1 saturated heterocycles. The molecule has 1 saturated carbocycles. The van der Waals surface area contributed by atoms with Crippen molar-refractivity contribution in [2.75, 3.05) is 7.05 Å². The second-order valence-electron chi connectivity index (χ2n) is 5.12. The molecule has 2 N–H and O–H groups in total. The molecule has 104 valence electrons. The van der Waals surface area contributed by atoms with Gasteiger partial charge in [0, 0.05) is 7.05 Å². The monoisotopic (exact) mass is 266 g/mol. The summed E-state index contributed by atoms with van der Waals surface area (Å²) in [5, 5.41) is 13.5. The van der Waals surface area contributed by atoms with Crippen molar-refractivity contribution in [1.29, 1.82) is 0 Å². The molecule has 2 unspecified atom stereocenters. The van der Waals surface area contributed by atoms with E-state index in [-0.39, 0.29) is 0 Å². The number of amides is 1. The van der Waals surface area contributed by atoms with E-state index in [1.807, 2.05) is 0 Å². The molecule has 0 aromatic rings. The van der Waals surface area contributed by atoms with E-state index in [4.69, 9.17) is 11.3 Å². The number of rotatable bonds is 2. The van der Waals surface area contributed by atoms with Gasteiger partial charge in [0.1, 0.15) is 5.54 Å². The molecule has 2 aliphatic rings. The highest BCUT2D eigenvalue weighted by molar-refractivity contribution is 5.99. The third-order valence-electron chi connectivity index (χ3n) is 3.79. The summed E-state index contributed by atoms with van der Waals surface area (Å²) < 4.78 is 0. The summed E-state index contributed by atoms with van der Waals surface area (Å²) in [6.45, 7) is 0. The number of aliphatic hydroxyl groups is 1. The molecule has 6 nitrogen and oxygen atoms in total. The number of carbonyl (C=O) groups excluding carboxylic acids is 2. The van der Waals surface area contributed by atoms with Gasteiger partial charge in [0.15, 0.2) is 12.1 Å². The molecule has 1 amide bonds. The topological polar surface area (TPSA) is 78.9 Å². The Balaban J connectivity index is 2.08. The van der Waals surface area contributed by atoms with E-state index in [0.717, 1.165) is 24.3 Å². The van der Waals surface area contributed by atoms with E-state index in [9.17, 15) is 14.7 Å². The van der Waals surface area contributed by atoms with Crippen molar-refractivity contribution in [3.05, 3.63) is 0 Å². The van der Waals surface area contributed by atoms with Crippen molar-refractivity contribution < 1.29 is 19.5 Å². The van der Waals surface area contributed by atoms with Gasteiger partial charge in [-0.1, -0.05) is 25.2 Å². The summed E-state index contributed by atoms with van der Waals surface area (Å²) in [4.78, 5) is 28.4. The van der Waals surface area contributed by atoms with Gasteiger partial charge in [0.25, 0.3) is 0 Å². The molecule has 0 aromatic carbocycles. The summed E-state index contributed by atoms with van der Waals surface area (Å²) in [6.07, 6.45) is 8.64. The lowest BCUT2D eigenvalue weighted by atomic mass is 9.82. The summed E-state index contributed by atoms with van der Waals surface area (Å²) >= 11 is 0. The fourth-order valence-corrected chi connectivity index (χ4v) is 2.60. The molecule has 1 heterocycles. The lowest BCUT2D eigenvalue weighted by Crippen LogP contribution is -2.53. The zero-order valence-corrected chi connectivity index (χ0v) is 10.9. The Hall–Kier alpha value is -1.58. The quantitative estimate of drug-likeness (QED) is 0.533. The molecule has 2 fully saturated rings. The first-order valence-electron chi connectivity index (χ1n) is 6.42. The summed E-state index contributed by atoms with van der Waals surface area (Å²) in [5.74, 6) is 0.0726. The predicted octanol–water partition coefficient (Wildman–Crippen LogP) is -0.223. The first kappa shape index (κ1) is 13.8. The SMILES string of the molecule is C#CC1(NC(=O)C2C(=O)ON(C)C2O)CCCCC1. The first-order valence-corrected chi connectivity index (χ1v) is 6.42. The summed E-state index contributed by atoms with van der Waals surface area (Å²) in [7, 11) is 1.40. The van der Waals surface area contributed by atoms with Crippen LogP contribution in [0.4, 0.5) is 0 Å². The largest absolute Gasteiger partial charge is 0.374 e. The Morgan fingerprint density at radius 3 is 2.63 bits per heavy atom. The lowest BCUT2D eigenvalue weighted by Gasteiger charge is -2.34. The third-order valence-corrected chi connectivity index (χ3v) is 3.79. The zero-order valence-electron chi connectivity index (χ0n) is 10.9. The van der Waals surface area contributed by atoms with Gasteiger partial charge in [-0.3, -0.25) is 4.79 Å². The Labute approximate surface area is 112 Å². The van der Waals surface area contributed by atoms with Crippen LogP contribution in [0.3, 0.4) is 0 Å². The van der Waals surface area contributed by atoms with Crippen LogP contribution in [0.2, 0.25) is 0 Å². The van der Waals surface area contributed by atoms with Gasteiger partial charge < -0.3 is 15.3 Å². The minimum absolute atomic E-state index is 0.568. The Bertz CT molecular complexity index is 423. The number of aliphatic hydroxyl groups excluding tert-OH is 1. The second-order valence-corrected chi connectivity index (χ2v) is 5.12. The highest BCUT2D eigenvalue weighted by Crippen LogP contribution is 2.29. The van der Waals surface area contributed by atoms with Crippen molar-refractivity contribution in [3.8, 4) is 12.3 Å². The van der Waals surface area contributed by atoms with Crippen molar-refractivity contribution in [2.45, 2.75) is 43.9 Å². The summed E-state index contributed by atoms with van der Waals surface area (Å²) in [5.41, 5.74) is -0.698. The molecule has 19 heavy (non-hydrogen) atoms. The van der Waals surface area contributed by atoms with Crippen LogP contribution in [0.25, 0.3) is 0 Å². The molecule has 2 atom stereocenters. The number of nitrogens with zero attached hydrogens (tertiary/aromatic N) is 1. The zero-order chi connectivity index (χ0) is 14.0. The average molecular weight is 266 g/mol. The van der Waals surface area contributed by atoms with Crippen molar-refractivity contribution in [3.63, 3.8) is 0 Å². The molecule has 6 heteroatoms. The Morgan fingerprint density at radius 1 is 1.53 bits per heavy atom. The molecule has 2 rings (SSSR count). The highest BCUT2D eigenvalue weighted by Gasteiger charge is 2.47. The molecule has 1 aliphatic heterocycles. The van der Waals surface area contributed by atoms with Crippen LogP contribution in [0.15, 0.2) is 0 Å². The van der Waals surface area contributed by atoms with Gasteiger partial charge in [-0.15, -0.1) is 11.5 Å². The Morgan fingerprint density at radius 2 is 2.16 bits per heavy atom. The molecule has 1 aliphatic carbocycles. The standard InChI is InChI=1S/C13H18N2O4/c1-3-13(7-5-4-6-8-13)14-10(16)9-11(17)15(2)19-12(9)18/h1,9,11,17H,4-8H2,2H3,(H,14,16). The van der Waals surface area contributed by atoms with E-state index in [1.165, 1.54) is 7.05 Å². The number of carbonyl (C=O) groups is 2. The number of terminal acetylenes is 1. The number of hydrogen-bond donors (Lipinski definition) is 2. The van der Waals surface area contributed by atoms with E-state index < -0.39 is 29.6 Å². The van der Waals surface area contributed by atoms with Crippen molar-refractivity contribution in [2.24, 2.45) is 5.92 Å². The maximum atomic E-state index is 12.1. The maximum absolute atomic E-state index is 12.1. The second kappa shape index (κ2) is 5.19. The van der Waals surface area contributed by atoms with Crippen molar-refractivity contribution in [1.82, 2.24) is 10.4 Å². The van der Waals surface area contributed by atoms with Gasteiger partial charge in [0.05, 0.1) is 0 Å². The van der Waals surface area contributed by atoms with Crippen LogP contribution in [0, 0.1) is 18.3 Å². The van der Waals surface area contributed by atoms with E-state index in [2.05, 4.69) is 11.2 Å². The normalized spacial score (nSPS) is 30.5. The number of hydrogen-bond acceptors (Lipinski definition) is 5. The molecule has 0 aromatic heterocycles. The first-order chi connectivity index (χ1) is 8.99. The summed E-state index contributed by atoms with van der Waals surface area (Å²) in [6, 6.07) is 0. The minimum Gasteiger partial charge on any atom is -0.374 e. The van der Waals surface area contributed by atoms with Crippen LogP contribution in [-0.2, 0) is 14.4 Å². The van der Waals surface area contributed by atoms with Crippen LogP contribution < -0.4 is 5.32 Å². The smallest absolute Gasteiger partial charge is 0.341 e. The predicted molar refractivity (Wildman–Crippen MR) is 66.1 cm³/mol. The van der Waals surface area contributed by atoms with Crippen LogP contribution in [0.5, 0.6) is 0 Å². The molecule has 0 bridgehead atoms. The van der Waals surface area contributed by atoms with Gasteiger partial charge in [-0.2, -0.15) is 0 Å². The highest BCUT2D eigenvalue weighted by atomic mass is 16.7. The lowest BCUT2D eigenvalue weighted by molar-refractivity contribution is -0.183. The molecular weight excluding hydrogens is 248 g/mol. The Kier molecular flexibility index (Phi) is 3.78.